The zero-order chi connectivity index (χ0) is 47.4. The molecule has 4 aliphatic rings. The highest BCUT2D eigenvalue weighted by Gasteiger charge is 2.31. The van der Waals surface area contributed by atoms with E-state index in [-0.39, 0.29) is 17.9 Å². The van der Waals surface area contributed by atoms with Crippen LogP contribution in [0, 0.1) is 0 Å². The van der Waals surface area contributed by atoms with Gasteiger partial charge in [0, 0.05) is 101 Å². The number of benzene rings is 3. The van der Waals surface area contributed by atoms with Gasteiger partial charge in [0.05, 0.1) is 33.8 Å². The molecule has 2 amide bonds. The molecule has 6 heterocycles. The normalized spacial score (nSPS) is 19.5. The molecule has 68 heavy (non-hydrogen) atoms. The molecule has 1 unspecified atom stereocenters. The summed E-state index contributed by atoms with van der Waals surface area (Å²) in [4.78, 5) is 52.6. The Morgan fingerprint density at radius 2 is 1.54 bits per heavy atom. The maximum absolute atomic E-state index is 13.5. The Morgan fingerprint density at radius 3 is 2.24 bits per heavy atom. The first-order valence-corrected chi connectivity index (χ1v) is 27.5. The van der Waals surface area contributed by atoms with E-state index in [0.29, 0.717) is 63.1 Å². The monoisotopic (exact) mass is 1010 g/mol. The summed E-state index contributed by atoms with van der Waals surface area (Å²) in [6.45, 7) is 16.7. The Bertz CT molecular complexity index is 2640. The smallest absolute Gasteiger partial charge is 0.249 e. The Hall–Kier alpha value is -5.19. The molecule has 4 N–H and O–H groups in total. The van der Waals surface area contributed by atoms with E-state index < -0.39 is 7.14 Å². The van der Waals surface area contributed by atoms with E-state index in [9.17, 15) is 14.2 Å². The van der Waals surface area contributed by atoms with Gasteiger partial charge in [0.1, 0.15) is 30.3 Å². The minimum absolute atomic E-state index is 0.192. The SMILES string of the molecule is CCc1cc(Nc2ncc(Br)c(Nc3ccc4nccnc4c3P(C)(C)=O)n2)c(OC)cc1N1CCC(N2CCN(CCN3CCC(c4ccc(NC5CCC(=O)NC5=O)cc4)CC3)CC2)CC1. The molecule has 5 aromatic rings. The number of methoxy groups -OCH3 is 1. The van der Waals surface area contributed by atoms with Crippen LogP contribution in [0.1, 0.15) is 62.5 Å². The topological polar surface area (TPSA) is 173 Å². The van der Waals surface area contributed by atoms with Gasteiger partial charge in [-0.25, -0.2) is 4.98 Å². The average Bonchev–Trinajstić information content (AvgIpc) is 3.35. The number of carbonyl (C=O) groups excluding carboxylic acids is 2. The first-order valence-electron chi connectivity index (χ1n) is 24.1. The van der Waals surface area contributed by atoms with Crippen LogP contribution < -0.4 is 36.2 Å². The molecule has 16 nitrogen and oxygen atoms in total. The molecule has 4 fully saturated rings. The van der Waals surface area contributed by atoms with Crippen LogP contribution in [0.5, 0.6) is 5.75 Å². The van der Waals surface area contributed by atoms with E-state index in [1.54, 1.807) is 39.0 Å². The third-order valence-electron chi connectivity index (χ3n) is 14.2. The number of aromatic nitrogens is 4. The van der Waals surface area contributed by atoms with Crippen LogP contribution in [-0.4, -0.2) is 144 Å². The average molecular weight is 1010 g/mol. The van der Waals surface area contributed by atoms with Gasteiger partial charge < -0.3 is 35.1 Å². The minimum Gasteiger partial charge on any atom is -0.494 e. The molecule has 0 spiro atoms. The highest BCUT2D eigenvalue weighted by molar-refractivity contribution is 9.10. The number of hydrogen-bond donors (Lipinski definition) is 4. The summed E-state index contributed by atoms with van der Waals surface area (Å²) in [6, 6.07) is 16.8. The highest BCUT2D eigenvalue weighted by Crippen LogP contribution is 2.42. The van der Waals surface area contributed by atoms with Crippen molar-refractivity contribution in [1.82, 2.24) is 40.0 Å². The van der Waals surface area contributed by atoms with Gasteiger partial charge in [-0.05, 0) is 128 Å². The molecule has 0 bridgehead atoms. The van der Waals surface area contributed by atoms with Crippen molar-refractivity contribution in [2.45, 2.75) is 69.9 Å². The molecule has 4 aliphatic heterocycles. The zero-order valence-electron chi connectivity index (χ0n) is 39.6. The van der Waals surface area contributed by atoms with E-state index in [2.05, 4.69) is 115 Å². The second kappa shape index (κ2) is 21.2. The number of imide groups is 1. The van der Waals surface area contributed by atoms with Crippen molar-refractivity contribution < 1.29 is 18.9 Å². The molecule has 0 saturated carbocycles. The van der Waals surface area contributed by atoms with Gasteiger partial charge in [-0.2, -0.15) is 4.98 Å². The lowest BCUT2D eigenvalue weighted by Crippen LogP contribution is -2.54. The van der Waals surface area contributed by atoms with Gasteiger partial charge in [0.25, 0.3) is 0 Å². The second-order valence-electron chi connectivity index (χ2n) is 18.9. The van der Waals surface area contributed by atoms with Gasteiger partial charge >= 0.3 is 0 Å². The van der Waals surface area contributed by atoms with Crippen molar-refractivity contribution in [3.05, 3.63) is 82.7 Å². The summed E-state index contributed by atoms with van der Waals surface area (Å²) in [6.07, 6.45) is 11.3. The lowest BCUT2D eigenvalue weighted by atomic mass is 9.89. The predicted molar refractivity (Wildman–Crippen MR) is 275 cm³/mol. The standard InChI is InChI=1S/C50H64BrN12O4P/c1-5-33-30-42(57-50-54-32-38(51)48(59-50)56-40-11-10-39-46(53-19-18-52-39)47(40)68(3,4)66)44(67-2)31-43(33)63-22-16-37(17-23-63)62-28-26-61(27-29-62)25-24-60-20-14-35(15-21-60)34-6-8-36(9-7-34)55-41-12-13-45(64)58-49(41)65/h6-11,18-19,30-32,35,37,41,55H,5,12-17,20-29H2,1-4H3,(H,58,64,65)(H2,54,56,57,59). The first-order chi connectivity index (χ1) is 32.9. The quantitative estimate of drug-likeness (QED) is 0.0614. The summed E-state index contributed by atoms with van der Waals surface area (Å²) in [7, 11) is -1.07. The van der Waals surface area contributed by atoms with Crippen LogP contribution in [0.25, 0.3) is 11.0 Å². The van der Waals surface area contributed by atoms with Gasteiger partial charge in [-0.15, -0.1) is 0 Å². The van der Waals surface area contributed by atoms with E-state index in [4.69, 9.17) is 9.72 Å². The molecule has 18 heteroatoms. The van der Waals surface area contributed by atoms with Crippen molar-refractivity contribution >= 4 is 85.7 Å². The molecule has 360 valence electrons. The van der Waals surface area contributed by atoms with Crippen LogP contribution in [0.4, 0.5) is 34.5 Å². The van der Waals surface area contributed by atoms with Crippen molar-refractivity contribution in [3.63, 3.8) is 0 Å². The molecule has 0 aliphatic carbocycles. The van der Waals surface area contributed by atoms with E-state index >= 15 is 0 Å². The molecule has 2 aromatic heterocycles. The van der Waals surface area contributed by atoms with Crippen molar-refractivity contribution in [2.75, 3.05) is 107 Å². The van der Waals surface area contributed by atoms with Crippen molar-refractivity contribution in [2.24, 2.45) is 0 Å². The fourth-order valence-electron chi connectivity index (χ4n) is 10.4. The number of piperazine rings is 1. The summed E-state index contributed by atoms with van der Waals surface area (Å²) in [5, 5.41) is 13.2. The number of fused-ring (bicyclic) bond motifs is 1. The number of nitrogens with one attached hydrogen (secondary N) is 4. The van der Waals surface area contributed by atoms with Gasteiger partial charge in [-0.1, -0.05) is 19.1 Å². The van der Waals surface area contributed by atoms with Crippen molar-refractivity contribution in [1.29, 1.82) is 0 Å². The van der Waals surface area contributed by atoms with Crippen molar-refractivity contribution in [3.8, 4) is 5.75 Å². The molecular weight excluding hydrogens is 944 g/mol. The van der Waals surface area contributed by atoms with Crippen LogP contribution in [0.3, 0.4) is 0 Å². The summed E-state index contributed by atoms with van der Waals surface area (Å²) < 4.78 is 20.2. The maximum Gasteiger partial charge on any atom is 0.249 e. The van der Waals surface area contributed by atoms with E-state index in [1.807, 2.05) is 12.1 Å². The fourth-order valence-corrected chi connectivity index (χ4v) is 12.1. The van der Waals surface area contributed by atoms with Crippen LogP contribution in [-0.2, 0) is 20.6 Å². The molecule has 0 radical (unpaired) electrons. The molecule has 1 atom stereocenters. The van der Waals surface area contributed by atoms with Crippen LogP contribution >= 0.6 is 23.1 Å². The molecule has 9 rings (SSSR count). The summed E-state index contributed by atoms with van der Waals surface area (Å²) >= 11 is 3.61. The maximum atomic E-state index is 13.5. The lowest BCUT2D eigenvalue weighted by molar-refractivity contribution is -0.133. The lowest BCUT2D eigenvalue weighted by Gasteiger charge is -2.44. The number of anilines is 6. The molecular formula is C50H64BrN12O4P. The number of carbonyl (C=O) groups is 2. The number of nitrogens with zero attached hydrogens (tertiary/aromatic N) is 8. The number of rotatable bonds is 15. The third-order valence-corrected chi connectivity index (χ3v) is 16.3. The number of halogens is 1. The van der Waals surface area contributed by atoms with E-state index in [0.717, 1.165) is 115 Å². The zero-order valence-corrected chi connectivity index (χ0v) is 42.1. The largest absolute Gasteiger partial charge is 0.494 e. The van der Waals surface area contributed by atoms with Crippen LogP contribution in [0.2, 0.25) is 0 Å². The van der Waals surface area contributed by atoms with Gasteiger partial charge in [0.2, 0.25) is 17.8 Å². The number of ether oxygens (including phenoxy) is 1. The molecule has 4 saturated heterocycles. The van der Waals surface area contributed by atoms with Crippen LogP contribution in [0.15, 0.2) is 71.6 Å². The fraction of sp³-hybridized carbons (Fsp3) is 0.480. The van der Waals surface area contributed by atoms with Gasteiger partial charge in [0.15, 0.2) is 0 Å². The third kappa shape index (κ3) is 11.1. The number of aryl methyl sites for hydroxylation is 1. The van der Waals surface area contributed by atoms with Gasteiger partial charge in [-0.3, -0.25) is 34.7 Å². The number of piperidine rings is 3. The second-order valence-corrected chi connectivity index (χ2v) is 22.9. The Balaban J connectivity index is 0.736. The highest BCUT2D eigenvalue weighted by atomic mass is 79.9. The van der Waals surface area contributed by atoms with E-state index in [1.165, 1.54) is 16.8 Å². The Kier molecular flexibility index (Phi) is 14.9. The summed E-state index contributed by atoms with van der Waals surface area (Å²) in [5.41, 5.74) is 7.48. The summed E-state index contributed by atoms with van der Waals surface area (Å²) in [5.74, 6) is 1.77. The Morgan fingerprint density at radius 1 is 0.824 bits per heavy atom. The molecule has 3 aromatic carbocycles. The predicted octanol–water partition coefficient (Wildman–Crippen LogP) is 7.17. The number of hydrogen-bond acceptors (Lipinski definition) is 15. The minimum atomic E-state index is -2.77. The number of likely N-dealkylation sites (tertiary alicyclic amines) is 1. The Labute approximate surface area is 407 Å². The number of amides is 2. The first kappa shape index (κ1) is 47.9.